The fourth-order valence-corrected chi connectivity index (χ4v) is 4.05. The van der Waals surface area contributed by atoms with Crippen molar-refractivity contribution in [1.82, 2.24) is 5.43 Å². The number of hydrogen-bond donors (Lipinski definition) is 1. The topological polar surface area (TPSA) is 78.4 Å². The van der Waals surface area contributed by atoms with Crippen LogP contribution in [-0.2, 0) is 6.61 Å². The van der Waals surface area contributed by atoms with Crippen LogP contribution in [0.15, 0.2) is 59.7 Å². The Balaban J connectivity index is 1.71. The van der Waals surface area contributed by atoms with Crippen LogP contribution in [0.3, 0.4) is 0 Å². The lowest BCUT2D eigenvalue weighted by Gasteiger charge is -2.15. The summed E-state index contributed by atoms with van der Waals surface area (Å²) < 4.78 is 37.1. The van der Waals surface area contributed by atoms with E-state index in [1.54, 1.807) is 36.4 Å². The highest BCUT2D eigenvalue weighted by molar-refractivity contribution is 14.1. The van der Waals surface area contributed by atoms with E-state index in [1.807, 2.05) is 26.8 Å². The maximum atomic E-state index is 13.5. The van der Waals surface area contributed by atoms with Gasteiger partial charge in [0.15, 0.2) is 23.0 Å². The summed E-state index contributed by atoms with van der Waals surface area (Å²) in [6, 6.07) is 14.9. The first-order valence-corrected chi connectivity index (χ1v) is 12.6. The molecule has 0 heterocycles. The Morgan fingerprint density at radius 1 is 0.917 bits per heavy atom. The Morgan fingerprint density at radius 3 is 2.36 bits per heavy atom. The molecular formula is C27H28FIN2O5. The number of nitrogens with zero attached hydrogens (tertiary/aromatic N) is 1. The fraction of sp³-hybridized carbons (Fsp3) is 0.259. The fourth-order valence-electron chi connectivity index (χ4n) is 3.27. The number of halogens is 2. The number of hydrogen-bond acceptors (Lipinski definition) is 6. The molecule has 3 aromatic rings. The Hall–Kier alpha value is -3.34. The van der Waals surface area contributed by atoms with Crippen LogP contribution in [0.4, 0.5) is 4.39 Å². The Labute approximate surface area is 223 Å². The Morgan fingerprint density at radius 2 is 1.64 bits per heavy atom. The van der Waals surface area contributed by atoms with Crippen LogP contribution in [0, 0.1) is 9.39 Å². The lowest BCUT2D eigenvalue weighted by atomic mass is 10.2. The molecule has 7 nitrogen and oxygen atoms in total. The van der Waals surface area contributed by atoms with E-state index in [4.69, 9.17) is 18.9 Å². The van der Waals surface area contributed by atoms with Crippen molar-refractivity contribution >= 4 is 34.7 Å². The highest BCUT2D eigenvalue weighted by Crippen LogP contribution is 2.34. The van der Waals surface area contributed by atoms with Gasteiger partial charge in [0.2, 0.25) is 0 Å². The third kappa shape index (κ3) is 7.58. The summed E-state index contributed by atoms with van der Waals surface area (Å²) in [5.74, 6) is 1.47. The predicted molar refractivity (Wildman–Crippen MR) is 145 cm³/mol. The van der Waals surface area contributed by atoms with E-state index in [0.29, 0.717) is 59.5 Å². The minimum absolute atomic E-state index is 0.198. The van der Waals surface area contributed by atoms with Gasteiger partial charge in [-0.15, -0.1) is 0 Å². The van der Waals surface area contributed by atoms with Gasteiger partial charge in [-0.3, -0.25) is 4.79 Å². The first-order valence-electron chi connectivity index (χ1n) is 11.5. The molecule has 3 rings (SSSR count). The predicted octanol–water partition coefficient (Wildman–Crippen LogP) is 5.97. The molecule has 0 spiro atoms. The van der Waals surface area contributed by atoms with Crippen LogP contribution in [0.25, 0.3) is 0 Å². The van der Waals surface area contributed by atoms with Gasteiger partial charge < -0.3 is 18.9 Å². The van der Waals surface area contributed by atoms with Crippen LogP contribution in [-0.4, -0.2) is 31.9 Å². The van der Waals surface area contributed by atoms with E-state index in [1.165, 1.54) is 18.3 Å². The number of ether oxygens (including phenoxy) is 4. The SMILES string of the molecule is CCOc1ccc(C(=O)N/N=C/c2cc(I)c(OCc3cccc(F)c3)c(OCC)c2)cc1OCC. The molecule has 36 heavy (non-hydrogen) atoms. The molecule has 0 saturated heterocycles. The van der Waals surface area contributed by atoms with Gasteiger partial charge in [0, 0.05) is 5.56 Å². The van der Waals surface area contributed by atoms with E-state index in [2.05, 4.69) is 33.1 Å². The van der Waals surface area contributed by atoms with Crippen molar-refractivity contribution in [2.45, 2.75) is 27.4 Å². The minimum atomic E-state index is -0.384. The smallest absolute Gasteiger partial charge is 0.271 e. The molecule has 1 amide bonds. The quantitative estimate of drug-likeness (QED) is 0.156. The first kappa shape index (κ1) is 27.3. The van der Waals surface area contributed by atoms with Crippen molar-refractivity contribution in [3.8, 4) is 23.0 Å². The number of nitrogens with one attached hydrogen (secondary N) is 1. The third-order valence-corrected chi connectivity index (χ3v) is 5.59. The summed E-state index contributed by atoms with van der Waals surface area (Å²) in [4.78, 5) is 12.6. The van der Waals surface area contributed by atoms with Crippen molar-refractivity contribution < 1.29 is 28.1 Å². The lowest BCUT2D eigenvalue weighted by molar-refractivity contribution is 0.0954. The monoisotopic (exact) mass is 606 g/mol. The van der Waals surface area contributed by atoms with Crippen molar-refractivity contribution in [3.63, 3.8) is 0 Å². The first-order chi connectivity index (χ1) is 17.4. The molecule has 0 radical (unpaired) electrons. The van der Waals surface area contributed by atoms with Gasteiger partial charge in [0.1, 0.15) is 12.4 Å². The molecule has 0 unspecified atom stereocenters. The summed E-state index contributed by atoms with van der Waals surface area (Å²) in [6.45, 7) is 7.19. The molecule has 0 fully saturated rings. The van der Waals surface area contributed by atoms with Crippen molar-refractivity contribution in [1.29, 1.82) is 0 Å². The molecule has 3 aromatic carbocycles. The number of hydrazone groups is 1. The van der Waals surface area contributed by atoms with Crippen LogP contribution >= 0.6 is 22.6 Å². The molecule has 190 valence electrons. The van der Waals surface area contributed by atoms with Gasteiger partial charge in [0.25, 0.3) is 5.91 Å². The van der Waals surface area contributed by atoms with Crippen LogP contribution < -0.4 is 24.4 Å². The number of rotatable bonds is 12. The average molecular weight is 606 g/mol. The van der Waals surface area contributed by atoms with Gasteiger partial charge in [-0.2, -0.15) is 5.10 Å². The van der Waals surface area contributed by atoms with Gasteiger partial charge in [-0.1, -0.05) is 12.1 Å². The highest BCUT2D eigenvalue weighted by Gasteiger charge is 2.14. The number of amides is 1. The van der Waals surface area contributed by atoms with Gasteiger partial charge in [-0.05, 0) is 97.0 Å². The molecule has 0 atom stereocenters. The maximum Gasteiger partial charge on any atom is 0.271 e. The lowest BCUT2D eigenvalue weighted by Crippen LogP contribution is -2.17. The van der Waals surface area contributed by atoms with Crippen molar-refractivity contribution in [2.75, 3.05) is 19.8 Å². The number of carbonyl (C=O) groups is 1. The highest BCUT2D eigenvalue weighted by atomic mass is 127. The molecule has 0 saturated carbocycles. The van der Waals surface area contributed by atoms with Crippen molar-refractivity contribution in [3.05, 3.63) is 80.7 Å². The Kier molecular flexibility index (Phi) is 10.3. The summed E-state index contributed by atoms with van der Waals surface area (Å²) in [5, 5.41) is 4.09. The molecular weight excluding hydrogens is 578 g/mol. The van der Waals surface area contributed by atoms with Crippen molar-refractivity contribution in [2.24, 2.45) is 5.10 Å². The second-order valence-electron chi connectivity index (χ2n) is 7.41. The van der Waals surface area contributed by atoms with Gasteiger partial charge in [-0.25, -0.2) is 9.82 Å². The van der Waals surface area contributed by atoms with Gasteiger partial charge >= 0.3 is 0 Å². The average Bonchev–Trinajstić information content (AvgIpc) is 2.85. The summed E-state index contributed by atoms with van der Waals surface area (Å²) >= 11 is 2.14. The number of carbonyl (C=O) groups excluding carboxylic acids is 1. The van der Waals surface area contributed by atoms with Crippen LogP contribution in [0.5, 0.6) is 23.0 Å². The van der Waals surface area contributed by atoms with E-state index in [0.717, 1.165) is 3.57 Å². The molecule has 0 aliphatic rings. The third-order valence-electron chi connectivity index (χ3n) is 4.79. The molecule has 0 aliphatic carbocycles. The zero-order valence-electron chi connectivity index (χ0n) is 20.3. The molecule has 0 bridgehead atoms. The van der Waals surface area contributed by atoms with E-state index in [-0.39, 0.29) is 18.3 Å². The van der Waals surface area contributed by atoms with Crippen LogP contribution in [0.2, 0.25) is 0 Å². The normalized spacial score (nSPS) is 10.8. The van der Waals surface area contributed by atoms with E-state index in [9.17, 15) is 9.18 Å². The molecule has 1 N–H and O–H groups in total. The molecule has 0 aliphatic heterocycles. The minimum Gasteiger partial charge on any atom is -0.490 e. The summed E-state index contributed by atoms with van der Waals surface area (Å²) in [7, 11) is 0. The van der Waals surface area contributed by atoms with E-state index >= 15 is 0 Å². The summed E-state index contributed by atoms with van der Waals surface area (Å²) in [5.41, 5.74) is 4.35. The maximum absolute atomic E-state index is 13.5. The second-order valence-corrected chi connectivity index (χ2v) is 8.57. The molecule has 9 heteroatoms. The van der Waals surface area contributed by atoms with Gasteiger partial charge in [0.05, 0.1) is 29.6 Å². The second kappa shape index (κ2) is 13.7. The largest absolute Gasteiger partial charge is 0.490 e. The zero-order chi connectivity index (χ0) is 25.9. The standard InChI is InChI=1S/C27H28FIN2O5/c1-4-33-23-11-10-20(15-24(23)34-5-2)27(32)31-30-16-19-13-22(29)26(25(14-19)35-6-3)36-17-18-8-7-9-21(28)12-18/h7-16H,4-6,17H2,1-3H3,(H,31,32)/b30-16+. The molecule has 0 aromatic heterocycles. The number of benzene rings is 3. The Bertz CT molecular complexity index is 1220. The summed E-state index contributed by atoms with van der Waals surface area (Å²) in [6.07, 6.45) is 1.52. The van der Waals surface area contributed by atoms with E-state index < -0.39 is 0 Å². The van der Waals surface area contributed by atoms with Crippen LogP contribution in [0.1, 0.15) is 42.3 Å². The zero-order valence-corrected chi connectivity index (χ0v) is 22.5.